The second-order valence-electron chi connectivity index (χ2n) is 6.27. The summed E-state index contributed by atoms with van der Waals surface area (Å²) in [6.45, 7) is 4.81. The first-order valence-corrected chi connectivity index (χ1v) is 10.1. The number of unbranched alkanes of at least 4 members (excludes halogenated alkanes) is 1. The number of hydrogen-bond acceptors (Lipinski definition) is 3. The fraction of sp³-hybridized carbons (Fsp3) is 0.600. The molecule has 0 bridgehead atoms. The van der Waals surface area contributed by atoms with Gasteiger partial charge in [-0.25, -0.2) is 0 Å². The summed E-state index contributed by atoms with van der Waals surface area (Å²) in [6, 6.07) is 9.05. The van der Waals surface area contributed by atoms with Crippen LogP contribution < -0.4 is 4.74 Å². The van der Waals surface area contributed by atoms with Gasteiger partial charge in [0.05, 0.1) is 7.11 Å². The Morgan fingerprint density at radius 2 is 1.91 bits per heavy atom. The summed E-state index contributed by atoms with van der Waals surface area (Å²) < 4.78 is 5.28. The molecule has 0 spiro atoms. The molecular weight excluding hydrogens is 302 g/mol. The minimum Gasteiger partial charge on any atom is -0.497 e. The fourth-order valence-electron chi connectivity index (χ4n) is 3.25. The molecule has 0 saturated carbocycles. The second kappa shape index (κ2) is 10.0. The highest BCUT2D eigenvalue weighted by Crippen LogP contribution is 2.29. The molecule has 0 aromatic heterocycles. The predicted octanol–water partition coefficient (Wildman–Crippen LogP) is 5.44. The number of benzene rings is 1. The second-order valence-corrected chi connectivity index (χ2v) is 7.12. The van der Waals surface area contributed by atoms with Crippen LogP contribution in [-0.2, 0) is 0 Å². The van der Waals surface area contributed by atoms with E-state index in [9.17, 15) is 0 Å². The van der Waals surface area contributed by atoms with Crippen molar-refractivity contribution in [3.8, 4) is 5.75 Å². The van der Waals surface area contributed by atoms with Crippen molar-refractivity contribution in [2.45, 2.75) is 51.5 Å². The molecule has 128 valence electrons. The normalized spacial score (nSPS) is 18.0. The van der Waals surface area contributed by atoms with Crippen molar-refractivity contribution < 1.29 is 4.74 Å². The lowest BCUT2D eigenvalue weighted by atomic mass is 10.0. The molecule has 23 heavy (non-hydrogen) atoms. The van der Waals surface area contributed by atoms with Crippen molar-refractivity contribution >= 4 is 16.7 Å². The van der Waals surface area contributed by atoms with Gasteiger partial charge in [-0.3, -0.25) is 4.90 Å². The molecule has 1 heterocycles. The number of piperidine rings is 1. The number of nitrogens with zero attached hydrogens (tertiary/aromatic N) is 1. The van der Waals surface area contributed by atoms with Gasteiger partial charge in [0, 0.05) is 10.9 Å². The van der Waals surface area contributed by atoms with E-state index < -0.39 is 0 Å². The number of rotatable bonds is 8. The third-order valence-corrected chi connectivity index (χ3v) is 5.46. The first-order valence-electron chi connectivity index (χ1n) is 8.92. The Bertz CT molecular complexity index is 477. The molecule has 2 nitrogen and oxygen atoms in total. The van der Waals surface area contributed by atoms with Gasteiger partial charge in [-0.15, -0.1) is 11.8 Å². The molecule has 2 rings (SSSR count). The highest BCUT2D eigenvalue weighted by molar-refractivity contribution is 8.07. The average molecular weight is 334 g/mol. The summed E-state index contributed by atoms with van der Waals surface area (Å²) in [5.74, 6) is 0.924. The molecule has 1 aliphatic rings. The van der Waals surface area contributed by atoms with Crippen LogP contribution in [0.5, 0.6) is 5.75 Å². The van der Waals surface area contributed by atoms with Crippen LogP contribution in [-0.4, -0.2) is 37.4 Å². The Morgan fingerprint density at radius 1 is 1.22 bits per heavy atom. The maximum Gasteiger partial charge on any atom is 0.118 e. The van der Waals surface area contributed by atoms with Gasteiger partial charge in [-0.1, -0.05) is 44.4 Å². The molecule has 1 fully saturated rings. The van der Waals surface area contributed by atoms with Crippen molar-refractivity contribution in [2.24, 2.45) is 0 Å². The fourth-order valence-corrected chi connectivity index (χ4v) is 3.91. The van der Waals surface area contributed by atoms with Crippen LogP contribution in [0, 0.1) is 0 Å². The Hall–Kier alpha value is -0.930. The monoisotopic (exact) mass is 333 g/mol. The van der Waals surface area contributed by atoms with E-state index in [0.29, 0.717) is 6.04 Å². The SMILES string of the molecule is CCCCC(/C=C(/SC)c1ccc(OC)cc1)N1CCCCC1. The summed E-state index contributed by atoms with van der Waals surface area (Å²) in [7, 11) is 1.72. The highest BCUT2D eigenvalue weighted by atomic mass is 32.2. The Labute approximate surface area is 146 Å². The number of ether oxygens (including phenoxy) is 1. The zero-order chi connectivity index (χ0) is 16.5. The first-order chi connectivity index (χ1) is 11.3. The van der Waals surface area contributed by atoms with E-state index in [2.05, 4.69) is 48.4 Å². The summed E-state index contributed by atoms with van der Waals surface area (Å²) in [5, 5.41) is 0. The van der Waals surface area contributed by atoms with E-state index in [1.54, 1.807) is 7.11 Å². The molecule has 0 aliphatic carbocycles. The van der Waals surface area contributed by atoms with Gasteiger partial charge in [-0.05, 0) is 56.3 Å². The van der Waals surface area contributed by atoms with Crippen molar-refractivity contribution in [3.05, 3.63) is 35.9 Å². The molecule has 0 radical (unpaired) electrons. The number of hydrogen-bond donors (Lipinski definition) is 0. The van der Waals surface area contributed by atoms with E-state index in [1.165, 1.54) is 62.1 Å². The van der Waals surface area contributed by atoms with Crippen molar-refractivity contribution in [1.82, 2.24) is 4.90 Å². The van der Waals surface area contributed by atoms with Crippen LogP contribution in [0.1, 0.15) is 51.0 Å². The van der Waals surface area contributed by atoms with E-state index in [4.69, 9.17) is 4.74 Å². The van der Waals surface area contributed by atoms with Crippen molar-refractivity contribution in [2.75, 3.05) is 26.5 Å². The molecule has 1 atom stereocenters. The van der Waals surface area contributed by atoms with E-state index in [1.807, 2.05) is 11.8 Å². The van der Waals surface area contributed by atoms with E-state index in [0.717, 1.165) is 5.75 Å². The maximum atomic E-state index is 5.28. The molecular formula is C20H31NOS. The van der Waals surface area contributed by atoms with Crippen LogP contribution >= 0.6 is 11.8 Å². The molecule has 1 saturated heterocycles. The molecule has 0 N–H and O–H groups in total. The van der Waals surface area contributed by atoms with Crippen molar-refractivity contribution in [1.29, 1.82) is 0 Å². The summed E-state index contributed by atoms with van der Waals surface area (Å²) in [6.07, 6.45) is 12.7. The third-order valence-electron chi connectivity index (χ3n) is 4.65. The van der Waals surface area contributed by atoms with Gasteiger partial charge in [-0.2, -0.15) is 0 Å². The summed E-state index contributed by atoms with van der Waals surface area (Å²) in [4.78, 5) is 4.08. The zero-order valence-corrected chi connectivity index (χ0v) is 15.7. The molecule has 0 amide bonds. The number of thioether (sulfide) groups is 1. The van der Waals surface area contributed by atoms with Crippen LogP contribution in [0.25, 0.3) is 4.91 Å². The van der Waals surface area contributed by atoms with Gasteiger partial charge >= 0.3 is 0 Å². The topological polar surface area (TPSA) is 12.5 Å². The zero-order valence-electron chi connectivity index (χ0n) is 14.9. The summed E-state index contributed by atoms with van der Waals surface area (Å²) >= 11 is 1.86. The first kappa shape index (κ1) is 18.4. The predicted molar refractivity (Wildman–Crippen MR) is 103 cm³/mol. The smallest absolute Gasteiger partial charge is 0.118 e. The van der Waals surface area contributed by atoms with Crippen LogP contribution in [0.3, 0.4) is 0 Å². The van der Waals surface area contributed by atoms with E-state index in [-0.39, 0.29) is 0 Å². The largest absolute Gasteiger partial charge is 0.497 e. The Balaban J connectivity index is 2.17. The van der Waals surface area contributed by atoms with Gasteiger partial charge in [0.15, 0.2) is 0 Å². The molecule has 1 unspecified atom stereocenters. The maximum absolute atomic E-state index is 5.28. The van der Waals surface area contributed by atoms with Gasteiger partial charge in [0.1, 0.15) is 5.75 Å². The van der Waals surface area contributed by atoms with Crippen LogP contribution in [0.15, 0.2) is 30.3 Å². The van der Waals surface area contributed by atoms with Crippen LogP contribution in [0.2, 0.25) is 0 Å². The van der Waals surface area contributed by atoms with Crippen LogP contribution in [0.4, 0.5) is 0 Å². The molecule has 3 heteroatoms. The Kier molecular flexibility index (Phi) is 8.04. The van der Waals surface area contributed by atoms with Crippen molar-refractivity contribution in [3.63, 3.8) is 0 Å². The highest BCUT2D eigenvalue weighted by Gasteiger charge is 2.19. The lowest BCUT2D eigenvalue weighted by molar-refractivity contribution is 0.182. The van der Waals surface area contributed by atoms with Gasteiger partial charge in [0.2, 0.25) is 0 Å². The third kappa shape index (κ3) is 5.58. The van der Waals surface area contributed by atoms with Gasteiger partial charge in [0.25, 0.3) is 0 Å². The standard InChI is InChI=1S/C20H31NOS/c1-4-5-9-18(21-14-7-6-8-15-21)16-20(23-3)17-10-12-19(22-2)13-11-17/h10-13,16,18H,4-9,14-15H2,1-3H3/b20-16+. The number of likely N-dealkylation sites (tertiary alicyclic amines) is 1. The lowest BCUT2D eigenvalue weighted by Gasteiger charge is -2.33. The molecule has 1 aromatic carbocycles. The lowest BCUT2D eigenvalue weighted by Crippen LogP contribution is -2.38. The Morgan fingerprint density at radius 3 is 2.48 bits per heavy atom. The van der Waals surface area contributed by atoms with E-state index >= 15 is 0 Å². The molecule has 1 aromatic rings. The minimum atomic E-state index is 0.583. The number of methoxy groups -OCH3 is 1. The minimum absolute atomic E-state index is 0.583. The average Bonchev–Trinajstić information content (AvgIpc) is 2.63. The summed E-state index contributed by atoms with van der Waals surface area (Å²) in [5.41, 5.74) is 1.30. The molecule has 1 aliphatic heterocycles. The quantitative estimate of drug-likeness (QED) is 0.628. The van der Waals surface area contributed by atoms with Gasteiger partial charge < -0.3 is 4.74 Å².